The van der Waals surface area contributed by atoms with Gasteiger partial charge in [0.25, 0.3) is 10.0 Å². The number of benzene rings is 1. The molecule has 0 atom stereocenters. The maximum atomic E-state index is 12.6. The van der Waals surface area contributed by atoms with Crippen molar-refractivity contribution in [3.63, 3.8) is 0 Å². The Morgan fingerprint density at radius 2 is 1.76 bits per heavy atom. The summed E-state index contributed by atoms with van der Waals surface area (Å²) in [6, 6.07) is 5.33. The third-order valence-corrected chi connectivity index (χ3v) is 5.13. The van der Waals surface area contributed by atoms with Crippen LogP contribution in [-0.4, -0.2) is 13.4 Å². The predicted octanol–water partition coefficient (Wildman–Crippen LogP) is 3.15. The van der Waals surface area contributed by atoms with Crippen LogP contribution in [0.5, 0.6) is 0 Å². The van der Waals surface area contributed by atoms with Crippen LogP contribution in [0.3, 0.4) is 0 Å². The van der Waals surface area contributed by atoms with Crippen LogP contribution in [0.4, 0.5) is 11.5 Å². The van der Waals surface area contributed by atoms with E-state index in [0.29, 0.717) is 11.4 Å². The average molecular weight is 370 g/mol. The lowest BCUT2D eigenvalue weighted by atomic mass is 10.1. The van der Waals surface area contributed by atoms with Crippen molar-refractivity contribution in [1.29, 1.82) is 0 Å². The molecule has 0 bridgehead atoms. The quantitative estimate of drug-likeness (QED) is 0.813. The minimum Gasteiger partial charge on any atom is -0.397 e. The topological polar surface area (TPSA) is 85.1 Å². The highest BCUT2D eigenvalue weighted by Gasteiger charge is 2.22. The van der Waals surface area contributed by atoms with Crippen molar-refractivity contribution >= 4 is 37.5 Å². The SMILES string of the molecule is Cc1cc(Br)cnc1NS(=O)(=O)c1c(C)ccc(C)c1N. The molecule has 0 saturated carbocycles. The van der Waals surface area contributed by atoms with Gasteiger partial charge in [-0.1, -0.05) is 12.1 Å². The molecule has 112 valence electrons. The average Bonchev–Trinajstić information content (AvgIpc) is 2.37. The molecular weight excluding hydrogens is 354 g/mol. The summed E-state index contributed by atoms with van der Waals surface area (Å²) in [5.74, 6) is 0.290. The van der Waals surface area contributed by atoms with E-state index in [-0.39, 0.29) is 10.6 Å². The number of hydrogen-bond acceptors (Lipinski definition) is 4. The van der Waals surface area contributed by atoms with Crippen LogP contribution in [-0.2, 0) is 10.0 Å². The Kier molecular flexibility index (Phi) is 4.25. The minimum atomic E-state index is -3.79. The minimum absolute atomic E-state index is 0.103. The molecule has 0 aliphatic rings. The molecule has 3 N–H and O–H groups in total. The van der Waals surface area contributed by atoms with Gasteiger partial charge in [-0.15, -0.1) is 0 Å². The number of pyridine rings is 1. The number of hydrogen-bond donors (Lipinski definition) is 2. The lowest BCUT2D eigenvalue weighted by Crippen LogP contribution is -2.18. The van der Waals surface area contributed by atoms with Crippen LogP contribution in [0, 0.1) is 20.8 Å². The fourth-order valence-electron chi connectivity index (χ4n) is 1.99. The maximum absolute atomic E-state index is 12.6. The first kappa shape index (κ1) is 15.8. The van der Waals surface area contributed by atoms with Crippen molar-refractivity contribution in [1.82, 2.24) is 4.98 Å². The zero-order valence-electron chi connectivity index (χ0n) is 11.9. The van der Waals surface area contributed by atoms with E-state index < -0.39 is 10.0 Å². The highest BCUT2D eigenvalue weighted by Crippen LogP contribution is 2.28. The Bertz CT molecular complexity index is 804. The summed E-state index contributed by atoms with van der Waals surface area (Å²) in [4.78, 5) is 4.20. The van der Waals surface area contributed by atoms with Crippen LogP contribution < -0.4 is 10.5 Å². The first-order chi connectivity index (χ1) is 9.72. The smallest absolute Gasteiger partial charge is 0.265 e. The van der Waals surface area contributed by atoms with Crippen LogP contribution in [0.1, 0.15) is 16.7 Å². The molecule has 1 heterocycles. The Labute approximate surface area is 132 Å². The number of aryl methyl sites for hydroxylation is 3. The van der Waals surface area contributed by atoms with Gasteiger partial charge in [-0.2, -0.15) is 0 Å². The number of rotatable bonds is 3. The first-order valence-electron chi connectivity index (χ1n) is 6.23. The van der Waals surface area contributed by atoms with Gasteiger partial charge >= 0.3 is 0 Å². The lowest BCUT2D eigenvalue weighted by Gasteiger charge is -2.15. The highest BCUT2D eigenvalue weighted by molar-refractivity contribution is 9.10. The second-order valence-electron chi connectivity index (χ2n) is 4.87. The third kappa shape index (κ3) is 3.19. The molecule has 1 aromatic carbocycles. The second-order valence-corrected chi connectivity index (χ2v) is 7.40. The molecule has 7 heteroatoms. The molecule has 5 nitrogen and oxygen atoms in total. The van der Waals surface area contributed by atoms with Crippen LogP contribution >= 0.6 is 15.9 Å². The molecule has 0 aliphatic carbocycles. The summed E-state index contributed by atoms with van der Waals surface area (Å²) in [7, 11) is -3.79. The molecular formula is C14H16BrN3O2S. The van der Waals surface area contributed by atoms with Crippen molar-refractivity contribution < 1.29 is 8.42 Å². The molecule has 0 saturated heterocycles. The fraction of sp³-hybridized carbons (Fsp3) is 0.214. The van der Waals surface area contributed by atoms with Crippen LogP contribution in [0.15, 0.2) is 33.8 Å². The number of nitrogens with zero attached hydrogens (tertiary/aromatic N) is 1. The van der Waals surface area contributed by atoms with Crippen molar-refractivity contribution in [2.45, 2.75) is 25.7 Å². The van der Waals surface area contributed by atoms with Gasteiger partial charge in [0.15, 0.2) is 0 Å². The number of halogens is 1. The predicted molar refractivity (Wildman–Crippen MR) is 87.8 cm³/mol. The van der Waals surface area contributed by atoms with Gasteiger partial charge < -0.3 is 5.73 Å². The van der Waals surface area contributed by atoms with E-state index in [2.05, 4.69) is 25.6 Å². The molecule has 0 fully saturated rings. The van der Waals surface area contributed by atoms with E-state index in [1.165, 1.54) is 6.20 Å². The Balaban J connectivity index is 2.51. The lowest BCUT2D eigenvalue weighted by molar-refractivity contribution is 0.600. The van der Waals surface area contributed by atoms with Gasteiger partial charge in [0, 0.05) is 10.7 Å². The summed E-state index contributed by atoms with van der Waals surface area (Å²) in [5, 5.41) is 0. The fourth-order valence-corrected chi connectivity index (χ4v) is 3.95. The first-order valence-corrected chi connectivity index (χ1v) is 8.50. The van der Waals surface area contributed by atoms with E-state index in [1.54, 1.807) is 39.0 Å². The zero-order chi connectivity index (χ0) is 15.8. The van der Waals surface area contributed by atoms with Crippen molar-refractivity contribution in [3.05, 3.63) is 45.6 Å². The molecule has 2 rings (SSSR count). The number of nitrogen functional groups attached to an aromatic ring is 1. The zero-order valence-corrected chi connectivity index (χ0v) is 14.3. The van der Waals surface area contributed by atoms with Crippen LogP contribution in [0.2, 0.25) is 0 Å². The van der Waals surface area contributed by atoms with Crippen molar-refractivity contribution in [2.24, 2.45) is 0 Å². The molecule has 1 aromatic heterocycles. The summed E-state index contributed by atoms with van der Waals surface area (Å²) in [6.07, 6.45) is 1.54. The van der Waals surface area contributed by atoms with E-state index in [1.807, 2.05) is 0 Å². The van der Waals surface area contributed by atoms with E-state index in [4.69, 9.17) is 5.73 Å². The third-order valence-electron chi connectivity index (χ3n) is 3.16. The molecule has 21 heavy (non-hydrogen) atoms. The normalized spacial score (nSPS) is 11.4. The number of nitrogens with two attached hydrogens (primary N) is 1. The number of aromatic nitrogens is 1. The number of nitrogens with one attached hydrogen (secondary N) is 1. The Morgan fingerprint density at radius 1 is 1.14 bits per heavy atom. The standard InChI is InChI=1S/C14H16BrN3O2S/c1-8-4-5-9(2)13(12(8)16)21(19,20)18-14-10(3)6-11(15)7-17-14/h4-7H,16H2,1-3H3,(H,17,18). The summed E-state index contributed by atoms with van der Waals surface area (Å²) >= 11 is 3.29. The number of sulfonamides is 1. The number of anilines is 2. The van der Waals surface area contributed by atoms with Crippen molar-refractivity contribution in [3.8, 4) is 0 Å². The molecule has 0 radical (unpaired) electrons. The molecule has 0 aliphatic heterocycles. The second kappa shape index (κ2) is 5.65. The highest BCUT2D eigenvalue weighted by atomic mass is 79.9. The van der Waals surface area contributed by atoms with Gasteiger partial charge in [0.2, 0.25) is 0 Å². The van der Waals surface area contributed by atoms with Gasteiger partial charge in [-0.05, 0) is 59.5 Å². The van der Waals surface area contributed by atoms with Gasteiger partial charge in [-0.25, -0.2) is 13.4 Å². The monoisotopic (exact) mass is 369 g/mol. The molecule has 0 spiro atoms. The Morgan fingerprint density at radius 3 is 2.38 bits per heavy atom. The van der Waals surface area contributed by atoms with Crippen molar-refractivity contribution in [2.75, 3.05) is 10.5 Å². The van der Waals surface area contributed by atoms with E-state index in [0.717, 1.165) is 15.6 Å². The van der Waals surface area contributed by atoms with Crippen LogP contribution in [0.25, 0.3) is 0 Å². The van der Waals surface area contributed by atoms with Gasteiger partial charge in [0.1, 0.15) is 10.7 Å². The largest absolute Gasteiger partial charge is 0.397 e. The molecule has 0 amide bonds. The van der Waals surface area contributed by atoms with Gasteiger partial charge in [-0.3, -0.25) is 4.72 Å². The molecule has 2 aromatic rings. The van der Waals surface area contributed by atoms with E-state index in [9.17, 15) is 8.42 Å². The molecule has 0 unspecified atom stereocenters. The van der Waals surface area contributed by atoms with Gasteiger partial charge in [0.05, 0.1) is 5.69 Å². The summed E-state index contributed by atoms with van der Waals surface area (Å²) in [6.45, 7) is 5.27. The van der Waals surface area contributed by atoms with E-state index >= 15 is 0 Å². The Hall–Kier alpha value is -1.60. The summed E-state index contributed by atoms with van der Waals surface area (Å²) in [5.41, 5.74) is 8.24. The summed E-state index contributed by atoms with van der Waals surface area (Å²) < 4.78 is 28.5. The maximum Gasteiger partial charge on any atom is 0.265 e.